The van der Waals surface area contributed by atoms with Crippen LogP contribution in [0.15, 0.2) is 23.0 Å². The predicted molar refractivity (Wildman–Crippen MR) is 67.1 cm³/mol. The van der Waals surface area contributed by atoms with E-state index in [2.05, 4.69) is 20.5 Å². The van der Waals surface area contributed by atoms with Gasteiger partial charge in [-0.15, -0.1) is 0 Å². The third kappa shape index (κ3) is 2.95. The maximum absolute atomic E-state index is 11.0. The molecule has 0 atom stereocenters. The standard InChI is InChI=1S/C10H8Cl2N4O/c1-5-9(14-10(17)16-15-5)13-8-3-6(11)2-7(12)4-8/h2-4H,1H3,(H2,13,14,16,17). The zero-order chi connectivity index (χ0) is 12.4. The number of rotatable bonds is 2. The van der Waals surface area contributed by atoms with Gasteiger partial charge in [0.15, 0.2) is 5.82 Å². The lowest BCUT2D eigenvalue weighted by atomic mass is 10.3. The van der Waals surface area contributed by atoms with Gasteiger partial charge in [-0.2, -0.15) is 10.1 Å². The van der Waals surface area contributed by atoms with Crippen molar-refractivity contribution in [2.45, 2.75) is 6.92 Å². The molecular weight excluding hydrogens is 263 g/mol. The predicted octanol–water partition coefficient (Wildman–Crippen LogP) is 2.52. The number of nitrogens with one attached hydrogen (secondary N) is 2. The molecule has 0 saturated heterocycles. The average molecular weight is 271 g/mol. The maximum atomic E-state index is 11.0. The van der Waals surface area contributed by atoms with Crippen LogP contribution in [0.5, 0.6) is 0 Å². The summed E-state index contributed by atoms with van der Waals surface area (Å²) in [6, 6.07) is 4.97. The van der Waals surface area contributed by atoms with E-state index in [-0.39, 0.29) is 0 Å². The van der Waals surface area contributed by atoms with E-state index in [1.807, 2.05) is 0 Å². The van der Waals surface area contributed by atoms with Crippen molar-refractivity contribution >= 4 is 34.7 Å². The van der Waals surface area contributed by atoms with Gasteiger partial charge >= 0.3 is 5.69 Å². The smallest absolute Gasteiger partial charge is 0.338 e. The van der Waals surface area contributed by atoms with Gasteiger partial charge in [-0.05, 0) is 25.1 Å². The molecule has 0 bridgehead atoms. The molecule has 1 aromatic heterocycles. The Bertz CT molecular complexity index is 591. The Hall–Kier alpha value is -1.59. The van der Waals surface area contributed by atoms with E-state index in [4.69, 9.17) is 23.2 Å². The molecule has 2 rings (SSSR count). The van der Waals surface area contributed by atoms with Crippen molar-refractivity contribution in [3.63, 3.8) is 0 Å². The van der Waals surface area contributed by atoms with Gasteiger partial charge < -0.3 is 5.32 Å². The van der Waals surface area contributed by atoms with Crippen molar-refractivity contribution in [2.24, 2.45) is 0 Å². The van der Waals surface area contributed by atoms with Gasteiger partial charge in [0.1, 0.15) is 5.69 Å². The number of H-pyrrole nitrogens is 1. The van der Waals surface area contributed by atoms with Crippen molar-refractivity contribution in [3.8, 4) is 0 Å². The monoisotopic (exact) mass is 270 g/mol. The summed E-state index contributed by atoms with van der Waals surface area (Å²) >= 11 is 11.7. The molecule has 0 fully saturated rings. The van der Waals surface area contributed by atoms with Crippen LogP contribution in [0.2, 0.25) is 10.0 Å². The average Bonchev–Trinajstić information content (AvgIpc) is 2.22. The number of aromatic amines is 1. The molecule has 0 spiro atoms. The van der Waals surface area contributed by atoms with E-state index < -0.39 is 5.69 Å². The first-order valence-corrected chi connectivity index (χ1v) is 5.46. The normalized spacial score (nSPS) is 10.3. The first-order valence-electron chi connectivity index (χ1n) is 4.71. The third-order valence-electron chi connectivity index (χ3n) is 2.00. The molecule has 0 unspecified atom stereocenters. The van der Waals surface area contributed by atoms with Crippen LogP contribution in [0.4, 0.5) is 11.5 Å². The number of aryl methyl sites for hydroxylation is 1. The molecule has 0 aliphatic rings. The van der Waals surface area contributed by atoms with E-state index in [9.17, 15) is 4.79 Å². The minimum absolute atomic E-state index is 0.368. The second-order valence-electron chi connectivity index (χ2n) is 3.36. The van der Waals surface area contributed by atoms with Crippen LogP contribution in [0, 0.1) is 6.92 Å². The van der Waals surface area contributed by atoms with E-state index >= 15 is 0 Å². The van der Waals surface area contributed by atoms with Gasteiger partial charge in [-0.25, -0.2) is 9.89 Å². The number of halogens is 2. The Labute approximate surface area is 107 Å². The Morgan fingerprint density at radius 1 is 1.24 bits per heavy atom. The molecule has 5 nitrogen and oxygen atoms in total. The quantitative estimate of drug-likeness (QED) is 0.880. The summed E-state index contributed by atoms with van der Waals surface area (Å²) in [6.45, 7) is 1.72. The van der Waals surface area contributed by atoms with Crippen LogP contribution in [0.25, 0.3) is 0 Å². The number of hydrogen-bond acceptors (Lipinski definition) is 4. The van der Waals surface area contributed by atoms with Gasteiger partial charge in [0, 0.05) is 15.7 Å². The Morgan fingerprint density at radius 3 is 2.53 bits per heavy atom. The second kappa shape index (κ2) is 4.73. The lowest BCUT2D eigenvalue weighted by Gasteiger charge is -2.07. The van der Waals surface area contributed by atoms with E-state index in [1.54, 1.807) is 25.1 Å². The Kier molecular flexibility index (Phi) is 3.31. The summed E-state index contributed by atoms with van der Waals surface area (Å²) in [5.41, 5.74) is 0.692. The first-order chi connectivity index (χ1) is 8.04. The topological polar surface area (TPSA) is 70.7 Å². The largest absolute Gasteiger partial charge is 0.363 e. The molecule has 0 amide bonds. The SMILES string of the molecule is Cc1n[nH]c(=O)nc1Nc1cc(Cl)cc(Cl)c1. The summed E-state index contributed by atoms with van der Waals surface area (Å²) in [5, 5.41) is 9.95. The highest BCUT2D eigenvalue weighted by Gasteiger charge is 2.04. The van der Waals surface area contributed by atoms with E-state index in [1.165, 1.54) is 0 Å². The summed E-state index contributed by atoms with van der Waals surface area (Å²) in [5.74, 6) is 0.368. The lowest BCUT2D eigenvalue weighted by Crippen LogP contribution is -2.15. The number of anilines is 2. The van der Waals surface area contributed by atoms with E-state index in [0.717, 1.165) is 0 Å². The molecule has 0 aliphatic heterocycles. The van der Waals surface area contributed by atoms with Gasteiger partial charge in [0.2, 0.25) is 0 Å². The fraction of sp³-hybridized carbons (Fsp3) is 0.100. The number of aromatic nitrogens is 3. The van der Waals surface area contributed by atoms with Gasteiger partial charge in [-0.3, -0.25) is 0 Å². The number of hydrogen-bond donors (Lipinski definition) is 2. The number of nitrogens with zero attached hydrogens (tertiary/aromatic N) is 2. The molecule has 1 heterocycles. The summed E-state index contributed by atoms with van der Waals surface area (Å²) in [7, 11) is 0. The molecular formula is C10H8Cl2N4O. The van der Waals surface area contributed by atoms with Crippen LogP contribution in [0.1, 0.15) is 5.69 Å². The summed E-state index contributed by atoms with van der Waals surface area (Å²) in [4.78, 5) is 14.8. The Balaban J connectivity index is 2.37. The van der Waals surface area contributed by atoms with Crippen molar-refractivity contribution in [1.29, 1.82) is 0 Å². The lowest BCUT2D eigenvalue weighted by molar-refractivity contribution is 0.885. The van der Waals surface area contributed by atoms with Crippen molar-refractivity contribution in [1.82, 2.24) is 15.2 Å². The minimum Gasteiger partial charge on any atom is -0.338 e. The van der Waals surface area contributed by atoms with Crippen molar-refractivity contribution in [3.05, 3.63) is 44.4 Å². The van der Waals surface area contributed by atoms with Crippen LogP contribution in [-0.4, -0.2) is 15.2 Å². The van der Waals surface area contributed by atoms with Crippen LogP contribution in [-0.2, 0) is 0 Å². The molecule has 88 valence electrons. The van der Waals surface area contributed by atoms with E-state index in [0.29, 0.717) is 27.2 Å². The summed E-state index contributed by atoms with van der Waals surface area (Å²) < 4.78 is 0. The molecule has 7 heteroatoms. The highest BCUT2D eigenvalue weighted by Crippen LogP contribution is 2.24. The summed E-state index contributed by atoms with van der Waals surface area (Å²) in [6.07, 6.45) is 0. The van der Waals surface area contributed by atoms with Crippen molar-refractivity contribution < 1.29 is 0 Å². The molecule has 0 saturated carbocycles. The fourth-order valence-electron chi connectivity index (χ4n) is 1.27. The minimum atomic E-state index is -0.522. The highest BCUT2D eigenvalue weighted by atomic mass is 35.5. The number of benzene rings is 1. The zero-order valence-corrected chi connectivity index (χ0v) is 10.3. The van der Waals surface area contributed by atoms with Crippen molar-refractivity contribution in [2.75, 3.05) is 5.32 Å². The molecule has 0 aliphatic carbocycles. The highest BCUT2D eigenvalue weighted by molar-refractivity contribution is 6.35. The molecule has 2 aromatic rings. The van der Waals surface area contributed by atoms with Crippen LogP contribution in [0.3, 0.4) is 0 Å². The Morgan fingerprint density at radius 2 is 1.88 bits per heavy atom. The van der Waals surface area contributed by atoms with Gasteiger partial charge in [0.25, 0.3) is 0 Å². The molecule has 17 heavy (non-hydrogen) atoms. The molecule has 0 radical (unpaired) electrons. The van der Waals surface area contributed by atoms with Gasteiger partial charge in [-0.1, -0.05) is 23.2 Å². The van der Waals surface area contributed by atoms with Crippen LogP contribution < -0.4 is 11.0 Å². The second-order valence-corrected chi connectivity index (χ2v) is 4.23. The first kappa shape index (κ1) is 11.9. The van der Waals surface area contributed by atoms with Crippen LogP contribution >= 0.6 is 23.2 Å². The fourth-order valence-corrected chi connectivity index (χ4v) is 1.80. The molecule has 2 N–H and O–H groups in total. The third-order valence-corrected chi connectivity index (χ3v) is 2.44. The maximum Gasteiger partial charge on any atom is 0.363 e. The molecule has 1 aromatic carbocycles. The van der Waals surface area contributed by atoms with Gasteiger partial charge in [0.05, 0.1) is 0 Å². The zero-order valence-electron chi connectivity index (χ0n) is 8.79.